The highest BCUT2D eigenvalue weighted by Gasteiger charge is 2.51. The van der Waals surface area contributed by atoms with E-state index in [-0.39, 0.29) is 29.8 Å². The topological polar surface area (TPSA) is 104 Å². The van der Waals surface area contributed by atoms with Crippen LogP contribution in [0.5, 0.6) is 0 Å². The monoisotopic (exact) mass is 443 g/mol. The average molecular weight is 444 g/mol. The van der Waals surface area contributed by atoms with E-state index in [1.807, 2.05) is 25.1 Å². The molecule has 0 aromatic heterocycles. The molecule has 3 atom stereocenters. The Morgan fingerprint density at radius 3 is 2.81 bits per heavy atom. The van der Waals surface area contributed by atoms with E-state index in [2.05, 4.69) is 31.9 Å². The number of carbonyl (C=O) groups excluding carboxylic acids is 2. The van der Waals surface area contributed by atoms with Crippen molar-refractivity contribution in [2.24, 2.45) is 0 Å². The van der Waals surface area contributed by atoms with Crippen molar-refractivity contribution in [2.75, 3.05) is 11.1 Å². The van der Waals surface area contributed by atoms with Gasteiger partial charge in [0, 0.05) is 16.6 Å². The van der Waals surface area contributed by atoms with E-state index < -0.39 is 15.1 Å². The molecule has 0 bridgehead atoms. The summed E-state index contributed by atoms with van der Waals surface area (Å²) in [5.41, 5.74) is 1.78. The first-order chi connectivity index (χ1) is 12.3. The van der Waals surface area contributed by atoms with Gasteiger partial charge >= 0.3 is 6.03 Å². The van der Waals surface area contributed by atoms with Crippen LogP contribution in [0, 0.1) is 6.92 Å². The van der Waals surface area contributed by atoms with Gasteiger partial charge in [-0.15, -0.1) is 0 Å². The number of sulfone groups is 1. The second-order valence-corrected chi connectivity index (χ2v) is 9.99. The molecule has 1 aromatic rings. The predicted molar refractivity (Wildman–Crippen MR) is 103 cm³/mol. The zero-order chi connectivity index (χ0) is 18.9. The normalized spacial score (nSPS) is 26.1. The SMILES string of the molecule is Cc1cc(NC(=O)CCCCC2C3NC(=O)NC3CS2(=O)=O)ccc1Br. The molecule has 2 aliphatic rings. The minimum atomic E-state index is -3.21. The molecule has 1 aromatic carbocycles. The molecule has 3 rings (SSSR count). The van der Waals surface area contributed by atoms with Gasteiger partial charge in [-0.25, -0.2) is 13.2 Å². The molecule has 3 amide bonds. The number of halogens is 1. The number of aryl methyl sites for hydroxylation is 1. The molecule has 26 heavy (non-hydrogen) atoms. The lowest BCUT2D eigenvalue weighted by atomic mass is 10.0. The van der Waals surface area contributed by atoms with E-state index in [9.17, 15) is 18.0 Å². The van der Waals surface area contributed by atoms with Gasteiger partial charge < -0.3 is 16.0 Å². The number of nitrogens with one attached hydrogen (secondary N) is 3. The van der Waals surface area contributed by atoms with Crippen molar-refractivity contribution >= 4 is 43.4 Å². The van der Waals surface area contributed by atoms with Gasteiger partial charge in [0.05, 0.1) is 23.1 Å². The zero-order valence-electron chi connectivity index (χ0n) is 14.4. The highest BCUT2D eigenvalue weighted by Crippen LogP contribution is 2.28. The Bertz CT molecular complexity index is 827. The first-order valence-electron chi connectivity index (χ1n) is 8.61. The smallest absolute Gasteiger partial charge is 0.315 e. The van der Waals surface area contributed by atoms with E-state index in [4.69, 9.17) is 0 Å². The van der Waals surface area contributed by atoms with Gasteiger partial charge in [0.1, 0.15) is 0 Å². The molecular formula is C17H22BrN3O4S. The number of anilines is 1. The van der Waals surface area contributed by atoms with Gasteiger partial charge in [0.25, 0.3) is 0 Å². The Balaban J connectivity index is 1.45. The second-order valence-electron chi connectivity index (χ2n) is 6.88. The van der Waals surface area contributed by atoms with Crippen molar-refractivity contribution in [2.45, 2.75) is 49.9 Å². The Morgan fingerprint density at radius 2 is 2.08 bits per heavy atom. The number of urea groups is 1. The van der Waals surface area contributed by atoms with Crippen LogP contribution in [-0.4, -0.2) is 43.4 Å². The summed E-state index contributed by atoms with van der Waals surface area (Å²) < 4.78 is 25.5. The summed E-state index contributed by atoms with van der Waals surface area (Å²) >= 11 is 3.42. The van der Waals surface area contributed by atoms with Crippen LogP contribution < -0.4 is 16.0 Å². The van der Waals surface area contributed by atoms with Crippen LogP contribution in [0.1, 0.15) is 31.2 Å². The third-order valence-corrected chi connectivity index (χ3v) is 8.07. The molecule has 3 N–H and O–H groups in total. The summed E-state index contributed by atoms with van der Waals surface area (Å²) in [4.78, 5) is 23.4. The van der Waals surface area contributed by atoms with Gasteiger partial charge in [0.15, 0.2) is 9.84 Å². The first kappa shape index (κ1) is 19.2. The van der Waals surface area contributed by atoms with Gasteiger partial charge in [-0.05, 0) is 43.5 Å². The van der Waals surface area contributed by atoms with Crippen molar-refractivity contribution in [1.82, 2.24) is 10.6 Å². The van der Waals surface area contributed by atoms with Crippen LogP contribution in [0.25, 0.3) is 0 Å². The lowest BCUT2D eigenvalue weighted by molar-refractivity contribution is -0.116. The first-order valence-corrected chi connectivity index (χ1v) is 11.1. The third-order valence-electron chi connectivity index (χ3n) is 4.91. The summed E-state index contributed by atoms with van der Waals surface area (Å²) in [7, 11) is -3.21. The average Bonchev–Trinajstić information content (AvgIpc) is 2.99. The Morgan fingerprint density at radius 1 is 1.31 bits per heavy atom. The molecular weight excluding hydrogens is 422 g/mol. The van der Waals surface area contributed by atoms with E-state index in [1.54, 1.807) is 0 Å². The highest BCUT2D eigenvalue weighted by atomic mass is 79.9. The summed E-state index contributed by atoms with van der Waals surface area (Å²) in [5, 5.41) is 7.64. The van der Waals surface area contributed by atoms with Gasteiger partial charge in [-0.2, -0.15) is 0 Å². The molecule has 0 radical (unpaired) electrons. The van der Waals surface area contributed by atoms with Gasteiger partial charge in [-0.1, -0.05) is 22.4 Å². The Kier molecular flexibility index (Phi) is 5.57. The number of fused-ring (bicyclic) bond motifs is 1. The lowest BCUT2D eigenvalue weighted by Crippen LogP contribution is -2.39. The number of hydrogen-bond acceptors (Lipinski definition) is 4. The molecule has 2 heterocycles. The van der Waals surface area contributed by atoms with Crippen molar-refractivity contribution in [3.05, 3.63) is 28.2 Å². The van der Waals surface area contributed by atoms with E-state index >= 15 is 0 Å². The van der Waals surface area contributed by atoms with Crippen molar-refractivity contribution in [3.63, 3.8) is 0 Å². The fourth-order valence-electron chi connectivity index (χ4n) is 3.58. The maximum atomic E-state index is 12.2. The van der Waals surface area contributed by atoms with E-state index in [0.717, 1.165) is 15.7 Å². The number of unbranched alkanes of at least 4 members (excludes halogenated alkanes) is 1. The van der Waals surface area contributed by atoms with Crippen LogP contribution in [-0.2, 0) is 14.6 Å². The number of benzene rings is 1. The second kappa shape index (κ2) is 7.56. The van der Waals surface area contributed by atoms with Crippen molar-refractivity contribution < 1.29 is 18.0 Å². The lowest BCUT2D eigenvalue weighted by Gasteiger charge is -2.16. The van der Waals surface area contributed by atoms with E-state index in [0.29, 0.717) is 25.7 Å². The molecule has 142 valence electrons. The molecule has 2 aliphatic heterocycles. The number of amides is 3. The molecule has 0 aliphatic carbocycles. The third kappa shape index (κ3) is 4.20. The summed E-state index contributed by atoms with van der Waals surface area (Å²) in [6.45, 7) is 1.95. The van der Waals surface area contributed by atoms with Crippen molar-refractivity contribution in [1.29, 1.82) is 0 Å². The van der Waals surface area contributed by atoms with Crippen LogP contribution >= 0.6 is 15.9 Å². The number of hydrogen-bond donors (Lipinski definition) is 3. The predicted octanol–water partition coefficient (Wildman–Crippen LogP) is 2.10. The Hall–Kier alpha value is -1.61. The highest BCUT2D eigenvalue weighted by molar-refractivity contribution is 9.10. The molecule has 2 fully saturated rings. The molecule has 0 saturated carbocycles. The Labute approximate surface area is 161 Å². The largest absolute Gasteiger partial charge is 0.332 e. The van der Waals surface area contributed by atoms with Crippen LogP contribution in [0.15, 0.2) is 22.7 Å². The minimum absolute atomic E-state index is 0.00945. The van der Waals surface area contributed by atoms with Crippen molar-refractivity contribution in [3.8, 4) is 0 Å². The molecule has 2 saturated heterocycles. The fraction of sp³-hybridized carbons (Fsp3) is 0.529. The summed E-state index contributed by atoms with van der Waals surface area (Å²) in [6, 6.07) is 4.62. The maximum Gasteiger partial charge on any atom is 0.315 e. The molecule has 3 unspecified atom stereocenters. The number of rotatable bonds is 6. The van der Waals surface area contributed by atoms with Crippen LogP contribution in [0.3, 0.4) is 0 Å². The van der Waals surface area contributed by atoms with Gasteiger partial charge in [0.2, 0.25) is 5.91 Å². The molecule has 9 heteroatoms. The quantitative estimate of drug-likeness (QED) is 0.462. The summed E-state index contributed by atoms with van der Waals surface area (Å²) in [5.74, 6) is -0.0977. The van der Waals surface area contributed by atoms with Crippen LogP contribution in [0.4, 0.5) is 10.5 Å². The standard InChI is InChI=1S/C17H22BrN3O4S/c1-10-8-11(6-7-12(10)18)19-15(22)5-3-2-4-14-16-13(9-26(14,24)25)20-17(23)21-16/h6-8,13-14,16H,2-5,9H2,1H3,(H,19,22)(H2,20,21,23). The molecule has 0 spiro atoms. The zero-order valence-corrected chi connectivity index (χ0v) is 16.8. The minimum Gasteiger partial charge on any atom is -0.332 e. The van der Waals surface area contributed by atoms with Crippen LogP contribution in [0.2, 0.25) is 0 Å². The van der Waals surface area contributed by atoms with Gasteiger partial charge in [-0.3, -0.25) is 4.79 Å². The fourth-order valence-corrected chi connectivity index (χ4v) is 6.10. The molecule has 7 nitrogen and oxygen atoms in total. The summed E-state index contributed by atoms with van der Waals surface area (Å²) in [6.07, 6.45) is 2.01. The maximum absolute atomic E-state index is 12.2. The number of carbonyl (C=O) groups is 2. The van der Waals surface area contributed by atoms with E-state index in [1.165, 1.54) is 0 Å².